The Morgan fingerprint density at radius 3 is 2.67 bits per heavy atom. The highest BCUT2D eigenvalue weighted by Crippen LogP contribution is 2.61. The van der Waals surface area contributed by atoms with Gasteiger partial charge in [-0.25, -0.2) is 4.90 Å². The number of hydrogen-bond donors (Lipinski definition) is 1. The van der Waals surface area contributed by atoms with E-state index in [1.165, 1.54) is 12.0 Å². The van der Waals surface area contributed by atoms with Crippen LogP contribution >= 0.6 is 11.6 Å². The molecule has 3 fully saturated rings. The molecule has 1 spiro atoms. The monoisotopic (exact) mass is 465 g/mol. The van der Waals surface area contributed by atoms with E-state index in [2.05, 4.69) is 10.2 Å². The Hall–Kier alpha value is -2.90. The van der Waals surface area contributed by atoms with E-state index >= 15 is 0 Å². The van der Waals surface area contributed by atoms with Gasteiger partial charge in [-0.15, -0.1) is 0 Å². The molecular weight excluding hydrogens is 442 g/mol. The molecule has 0 aromatic heterocycles. The zero-order chi connectivity index (χ0) is 23.2. The number of nitrogens with zero attached hydrogens (tertiary/aromatic N) is 2. The van der Waals surface area contributed by atoms with Crippen molar-refractivity contribution in [1.82, 2.24) is 4.90 Å². The third-order valence-corrected chi connectivity index (χ3v) is 8.06. The largest absolute Gasteiger partial charge is 0.495 e. The van der Waals surface area contributed by atoms with Gasteiger partial charge in [0.15, 0.2) is 0 Å². The van der Waals surface area contributed by atoms with Crippen LogP contribution in [0.25, 0.3) is 0 Å². The summed E-state index contributed by atoms with van der Waals surface area (Å²) in [6, 6.07) is 8.73. The van der Waals surface area contributed by atoms with Crippen molar-refractivity contribution in [3.63, 3.8) is 0 Å². The summed E-state index contributed by atoms with van der Waals surface area (Å²) in [6.45, 7) is 4.63. The lowest BCUT2D eigenvalue weighted by molar-refractivity contribution is -0.135. The highest BCUT2D eigenvalue weighted by molar-refractivity contribution is 6.32. The van der Waals surface area contributed by atoms with Gasteiger partial charge in [0, 0.05) is 22.3 Å². The first kappa shape index (κ1) is 20.7. The number of aryl methyl sites for hydroxylation is 2. The molecule has 3 saturated heterocycles. The third kappa shape index (κ3) is 2.41. The van der Waals surface area contributed by atoms with Crippen LogP contribution in [0.3, 0.4) is 0 Å². The second-order valence-electron chi connectivity index (χ2n) is 9.46. The minimum atomic E-state index is -1.19. The summed E-state index contributed by atoms with van der Waals surface area (Å²) in [5.41, 5.74) is 2.69. The van der Waals surface area contributed by atoms with Crippen molar-refractivity contribution in [3.8, 4) is 5.75 Å². The molecule has 0 bridgehead atoms. The molecule has 170 valence electrons. The summed E-state index contributed by atoms with van der Waals surface area (Å²) >= 11 is 6.23. The van der Waals surface area contributed by atoms with E-state index in [0.717, 1.165) is 35.2 Å². The highest BCUT2D eigenvalue weighted by atomic mass is 35.5. The smallest absolute Gasteiger partial charge is 0.250 e. The number of anilines is 2. The highest BCUT2D eigenvalue weighted by Gasteiger charge is 2.74. The normalized spacial score (nSPS) is 30.1. The fourth-order valence-electron chi connectivity index (χ4n) is 6.74. The van der Waals surface area contributed by atoms with E-state index < -0.39 is 17.4 Å². The second kappa shape index (κ2) is 6.81. The molecule has 6 rings (SSSR count). The van der Waals surface area contributed by atoms with Crippen molar-refractivity contribution < 1.29 is 19.1 Å². The molecule has 2 aromatic rings. The van der Waals surface area contributed by atoms with Gasteiger partial charge in [0.1, 0.15) is 11.3 Å². The first-order valence-corrected chi connectivity index (χ1v) is 11.6. The maximum absolute atomic E-state index is 14.1. The van der Waals surface area contributed by atoms with Crippen LogP contribution in [0.5, 0.6) is 5.75 Å². The minimum Gasteiger partial charge on any atom is -0.495 e. The third-order valence-electron chi connectivity index (χ3n) is 7.82. The summed E-state index contributed by atoms with van der Waals surface area (Å²) in [4.78, 5) is 45.1. The fourth-order valence-corrected chi connectivity index (χ4v) is 6.90. The lowest BCUT2D eigenvalue weighted by Crippen LogP contribution is -2.54. The van der Waals surface area contributed by atoms with Gasteiger partial charge in [0.25, 0.3) is 0 Å². The molecule has 4 aliphatic rings. The van der Waals surface area contributed by atoms with Gasteiger partial charge in [-0.3, -0.25) is 19.3 Å². The topological polar surface area (TPSA) is 79.0 Å². The van der Waals surface area contributed by atoms with Gasteiger partial charge in [-0.05, 0) is 57.0 Å². The van der Waals surface area contributed by atoms with Gasteiger partial charge in [-0.2, -0.15) is 0 Å². The standard InChI is InChI=1S/C25H24ClN3O4/c1-12-9-13(2)21-15(10-12)25(24(32)27-21)20-19(16-5-4-8-28(16)25)22(30)29(23(20)31)17-11-14(26)6-7-18(17)33-3/h6-7,9-11,16,19-20H,4-5,8H2,1-3H3,(H,27,32)/t16-,19+,20+,25+/m0/s1. The van der Waals surface area contributed by atoms with Crippen molar-refractivity contribution in [2.24, 2.45) is 11.8 Å². The molecule has 0 aliphatic carbocycles. The summed E-state index contributed by atoms with van der Waals surface area (Å²) in [7, 11) is 1.49. The molecule has 8 heteroatoms. The number of nitrogens with one attached hydrogen (secondary N) is 1. The first-order chi connectivity index (χ1) is 15.8. The minimum absolute atomic E-state index is 0.167. The molecule has 0 radical (unpaired) electrons. The molecule has 3 amide bonds. The van der Waals surface area contributed by atoms with E-state index in [1.807, 2.05) is 26.0 Å². The van der Waals surface area contributed by atoms with E-state index in [0.29, 0.717) is 23.0 Å². The number of carbonyl (C=O) groups is 3. The first-order valence-electron chi connectivity index (χ1n) is 11.2. The summed E-state index contributed by atoms with van der Waals surface area (Å²) in [6.07, 6.45) is 1.65. The Morgan fingerprint density at radius 2 is 1.91 bits per heavy atom. The number of fused-ring (bicyclic) bond motifs is 7. The average Bonchev–Trinajstić information content (AvgIpc) is 3.47. The quantitative estimate of drug-likeness (QED) is 0.688. The maximum Gasteiger partial charge on any atom is 0.250 e. The fraction of sp³-hybridized carbons (Fsp3) is 0.400. The molecule has 0 saturated carbocycles. The van der Waals surface area contributed by atoms with Gasteiger partial charge < -0.3 is 10.1 Å². The molecule has 4 aliphatic heterocycles. The lowest BCUT2D eigenvalue weighted by Gasteiger charge is -2.37. The predicted molar refractivity (Wildman–Crippen MR) is 123 cm³/mol. The number of methoxy groups -OCH3 is 1. The lowest BCUT2D eigenvalue weighted by atomic mass is 9.75. The SMILES string of the molecule is COc1ccc(Cl)cc1N1C(=O)[C@@H]2[C@@H]3CCCN3[C@@]3(C(=O)Nc4c(C)cc(C)cc43)[C@H]2C1=O. The summed E-state index contributed by atoms with van der Waals surface area (Å²) in [5, 5.41) is 3.46. The Balaban J connectivity index is 1.58. The number of ether oxygens (including phenoxy) is 1. The van der Waals surface area contributed by atoms with Crippen LogP contribution in [0.2, 0.25) is 5.02 Å². The second-order valence-corrected chi connectivity index (χ2v) is 9.90. The van der Waals surface area contributed by atoms with Crippen LogP contribution in [-0.4, -0.2) is 42.3 Å². The summed E-state index contributed by atoms with van der Waals surface area (Å²) in [5.74, 6) is -1.89. The van der Waals surface area contributed by atoms with Gasteiger partial charge in [0.05, 0.1) is 24.6 Å². The van der Waals surface area contributed by atoms with E-state index in [9.17, 15) is 14.4 Å². The van der Waals surface area contributed by atoms with Crippen LogP contribution in [0.4, 0.5) is 11.4 Å². The average molecular weight is 466 g/mol. The Bertz CT molecular complexity index is 1260. The van der Waals surface area contributed by atoms with E-state index in [1.54, 1.807) is 18.2 Å². The van der Waals surface area contributed by atoms with Gasteiger partial charge in [-0.1, -0.05) is 29.3 Å². The number of benzene rings is 2. The van der Waals surface area contributed by atoms with Crippen LogP contribution in [0, 0.1) is 25.7 Å². The van der Waals surface area contributed by atoms with Crippen LogP contribution in [0.1, 0.15) is 29.5 Å². The van der Waals surface area contributed by atoms with Crippen LogP contribution in [0.15, 0.2) is 30.3 Å². The van der Waals surface area contributed by atoms with E-state index in [4.69, 9.17) is 16.3 Å². The van der Waals surface area contributed by atoms with Crippen LogP contribution < -0.4 is 15.0 Å². The van der Waals surface area contributed by atoms with E-state index in [-0.39, 0.29) is 23.8 Å². The number of imide groups is 1. The Labute approximate surface area is 196 Å². The Kier molecular flexibility index (Phi) is 4.27. The van der Waals surface area contributed by atoms with Crippen molar-refractivity contribution in [2.45, 2.75) is 38.3 Å². The number of hydrogen-bond acceptors (Lipinski definition) is 5. The molecule has 4 atom stereocenters. The summed E-state index contributed by atoms with van der Waals surface area (Å²) < 4.78 is 5.45. The Morgan fingerprint density at radius 1 is 1.12 bits per heavy atom. The van der Waals surface area contributed by atoms with Crippen molar-refractivity contribution in [3.05, 3.63) is 52.0 Å². The molecule has 0 unspecified atom stereocenters. The van der Waals surface area contributed by atoms with Crippen molar-refractivity contribution in [1.29, 1.82) is 0 Å². The molecule has 1 N–H and O–H groups in total. The van der Waals surface area contributed by atoms with Crippen molar-refractivity contribution >= 4 is 40.7 Å². The molecule has 4 heterocycles. The predicted octanol–water partition coefficient (Wildman–Crippen LogP) is 3.40. The molecule has 2 aromatic carbocycles. The molecule has 7 nitrogen and oxygen atoms in total. The number of amides is 3. The number of halogens is 1. The maximum atomic E-state index is 14.1. The van der Waals surface area contributed by atoms with Gasteiger partial charge in [0.2, 0.25) is 17.7 Å². The van der Waals surface area contributed by atoms with Gasteiger partial charge >= 0.3 is 0 Å². The number of carbonyl (C=O) groups excluding carboxylic acids is 3. The zero-order valence-corrected chi connectivity index (χ0v) is 19.4. The molecular formula is C25H24ClN3O4. The van der Waals surface area contributed by atoms with Crippen molar-refractivity contribution in [2.75, 3.05) is 23.9 Å². The molecule has 33 heavy (non-hydrogen) atoms. The number of rotatable bonds is 2. The van der Waals surface area contributed by atoms with Crippen LogP contribution in [-0.2, 0) is 19.9 Å². The zero-order valence-electron chi connectivity index (χ0n) is 18.6.